The third-order valence-electron chi connectivity index (χ3n) is 4.09. The Morgan fingerprint density at radius 2 is 2.29 bits per heavy atom. The van der Waals surface area contributed by atoms with Gasteiger partial charge < -0.3 is 15.4 Å². The summed E-state index contributed by atoms with van der Waals surface area (Å²) in [6.07, 6.45) is 3.05. The molecule has 2 aliphatic rings. The maximum atomic E-state index is 12.4. The van der Waals surface area contributed by atoms with E-state index in [-0.39, 0.29) is 5.91 Å². The predicted molar refractivity (Wildman–Crippen MR) is 87.0 cm³/mol. The Balaban J connectivity index is 1.59. The zero-order chi connectivity index (χ0) is 14.7. The Kier molecular flexibility index (Phi) is 4.58. The summed E-state index contributed by atoms with van der Waals surface area (Å²) >= 11 is 1.95. The van der Waals surface area contributed by atoms with E-state index in [9.17, 15) is 4.79 Å². The van der Waals surface area contributed by atoms with Crippen LogP contribution in [-0.2, 0) is 4.79 Å². The number of rotatable bonds is 4. The molecule has 1 fully saturated rings. The topological polar surface area (TPSA) is 50.4 Å². The third-order valence-corrected chi connectivity index (χ3v) is 5.41. The van der Waals surface area contributed by atoms with Crippen LogP contribution in [0.4, 0.5) is 5.69 Å². The highest BCUT2D eigenvalue weighted by atomic mass is 32.2. The molecule has 1 aliphatic heterocycles. The zero-order valence-corrected chi connectivity index (χ0v) is 13.1. The van der Waals surface area contributed by atoms with Crippen LogP contribution >= 0.6 is 11.8 Å². The van der Waals surface area contributed by atoms with Crippen LogP contribution < -0.4 is 15.4 Å². The van der Waals surface area contributed by atoms with Crippen molar-refractivity contribution in [3.63, 3.8) is 0 Å². The average molecular weight is 306 g/mol. The lowest BCUT2D eigenvalue weighted by Crippen LogP contribution is -2.49. The molecule has 1 aromatic rings. The molecule has 0 bridgehead atoms. The van der Waals surface area contributed by atoms with Gasteiger partial charge >= 0.3 is 0 Å². The van der Waals surface area contributed by atoms with E-state index >= 15 is 0 Å². The summed E-state index contributed by atoms with van der Waals surface area (Å²) in [4.78, 5) is 12.4. The van der Waals surface area contributed by atoms with Crippen LogP contribution in [0.1, 0.15) is 26.2 Å². The van der Waals surface area contributed by atoms with Crippen molar-refractivity contribution in [1.29, 1.82) is 0 Å². The van der Waals surface area contributed by atoms with Gasteiger partial charge in [-0.05, 0) is 30.7 Å². The quantitative estimate of drug-likeness (QED) is 0.898. The molecular formula is C16H22N2O2S. The monoisotopic (exact) mass is 306 g/mol. The molecule has 0 radical (unpaired) electrons. The van der Waals surface area contributed by atoms with Crippen LogP contribution in [0.15, 0.2) is 24.3 Å². The van der Waals surface area contributed by atoms with E-state index in [1.54, 1.807) is 0 Å². The lowest BCUT2D eigenvalue weighted by molar-refractivity contribution is -0.128. The molecule has 1 aliphatic carbocycles. The molecule has 3 unspecified atom stereocenters. The fourth-order valence-corrected chi connectivity index (χ4v) is 4.24. The molecule has 1 aromatic carbocycles. The minimum atomic E-state index is -0.437. The third kappa shape index (κ3) is 3.28. The number of hydrogen-bond donors (Lipinski definition) is 2. The Morgan fingerprint density at radius 1 is 1.43 bits per heavy atom. The smallest absolute Gasteiger partial charge is 0.263 e. The van der Waals surface area contributed by atoms with Gasteiger partial charge in [0.25, 0.3) is 5.91 Å². The highest BCUT2D eigenvalue weighted by Crippen LogP contribution is 2.31. The first kappa shape index (κ1) is 14.6. The molecule has 1 amide bonds. The first-order chi connectivity index (χ1) is 10.3. The molecule has 3 rings (SSSR count). The van der Waals surface area contributed by atoms with Gasteiger partial charge in [-0.2, -0.15) is 11.8 Å². The van der Waals surface area contributed by atoms with E-state index in [4.69, 9.17) is 4.74 Å². The van der Waals surface area contributed by atoms with E-state index in [0.29, 0.717) is 17.8 Å². The van der Waals surface area contributed by atoms with Crippen LogP contribution in [0, 0.1) is 0 Å². The molecule has 0 spiro atoms. The van der Waals surface area contributed by atoms with Gasteiger partial charge in [0.2, 0.25) is 0 Å². The molecule has 1 heterocycles. The van der Waals surface area contributed by atoms with Gasteiger partial charge in [-0.1, -0.05) is 25.5 Å². The maximum Gasteiger partial charge on any atom is 0.263 e. The molecular weight excluding hydrogens is 284 g/mol. The molecule has 3 atom stereocenters. The van der Waals surface area contributed by atoms with Crippen LogP contribution in [-0.4, -0.2) is 35.6 Å². The highest BCUT2D eigenvalue weighted by molar-refractivity contribution is 7.99. The summed E-state index contributed by atoms with van der Waals surface area (Å²) in [5.41, 5.74) is 0.960. The van der Waals surface area contributed by atoms with E-state index < -0.39 is 6.10 Å². The van der Waals surface area contributed by atoms with Gasteiger partial charge in [0.1, 0.15) is 5.75 Å². The second kappa shape index (κ2) is 6.60. The van der Waals surface area contributed by atoms with Crippen LogP contribution in [0.5, 0.6) is 5.75 Å². The number of carbonyl (C=O) groups excluding carboxylic acids is 1. The Morgan fingerprint density at radius 3 is 3.14 bits per heavy atom. The van der Waals surface area contributed by atoms with E-state index in [1.165, 1.54) is 12.8 Å². The Labute approximate surface area is 130 Å². The highest BCUT2D eigenvalue weighted by Gasteiger charge is 2.32. The Hall–Kier alpha value is -1.36. The summed E-state index contributed by atoms with van der Waals surface area (Å²) in [6.45, 7) is 2.70. The number of nitrogens with one attached hydrogen (secondary N) is 2. The van der Waals surface area contributed by atoms with Crippen molar-refractivity contribution in [3.05, 3.63) is 24.3 Å². The summed E-state index contributed by atoms with van der Waals surface area (Å²) in [5.74, 6) is 1.87. The average Bonchev–Trinajstić information content (AvgIpc) is 2.94. The first-order valence-electron chi connectivity index (χ1n) is 7.69. The van der Waals surface area contributed by atoms with Gasteiger partial charge in [0.05, 0.1) is 12.2 Å². The fourth-order valence-electron chi connectivity index (χ4n) is 3.04. The maximum absolute atomic E-state index is 12.4. The number of amides is 1. The normalized spacial score (nSPS) is 27.4. The second-order valence-corrected chi connectivity index (χ2v) is 7.04. The standard InChI is InChI=1S/C16H22N2O2S/c1-2-21-15-9-5-7-12(15)18-16(19)14-10-17-11-6-3-4-8-13(11)20-14/h3-4,6,8,12,14-15,17H,2,5,7,9-10H2,1H3,(H,18,19). The van der Waals surface area contributed by atoms with E-state index in [1.807, 2.05) is 36.0 Å². The number of carbonyl (C=O) groups is 1. The number of hydrogen-bond acceptors (Lipinski definition) is 4. The molecule has 5 heteroatoms. The SMILES string of the molecule is CCSC1CCCC1NC(=O)C1CNc2ccccc2O1. The lowest BCUT2D eigenvalue weighted by atomic mass is 10.2. The number of thioether (sulfide) groups is 1. The summed E-state index contributed by atoms with van der Waals surface area (Å²) in [5, 5.41) is 7.01. The van der Waals surface area contributed by atoms with Crippen molar-refractivity contribution in [1.82, 2.24) is 5.32 Å². The second-order valence-electron chi connectivity index (χ2n) is 5.52. The summed E-state index contributed by atoms with van der Waals surface area (Å²) in [6, 6.07) is 8.04. The zero-order valence-electron chi connectivity index (χ0n) is 12.3. The first-order valence-corrected chi connectivity index (χ1v) is 8.74. The van der Waals surface area contributed by atoms with Crippen molar-refractivity contribution in [3.8, 4) is 5.75 Å². The van der Waals surface area contributed by atoms with E-state index in [0.717, 1.165) is 23.6 Å². The van der Waals surface area contributed by atoms with Crippen molar-refractivity contribution in [2.24, 2.45) is 0 Å². The number of para-hydroxylation sites is 2. The summed E-state index contributed by atoms with van der Waals surface area (Å²) in [7, 11) is 0. The van der Waals surface area contributed by atoms with Gasteiger partial charge in [-0.3, -0.25) is 4.79 Å². The van der Waals surface area contributed by atoms with Gasteiger partial charge in [-0.15, -0.1) is 0 Å². The minimum absolute atomic E-state index is 0.00519. The molecule has 4 nitrogen and oxygen atoms in total. The fraction of sp³-hybridized carbons (Fsp3) is 0.562. The molecule has 2 N–H and O–H groups in total. The minimum Gasteiger partial charge on any atom is -0.477 e. The number of anilines is 1. The van der Waals surface area contributed by atoms with Gasteiger partial charge in [0, 0.05) is 11.3 Å². The van der Waals surface area contributed by atoms with Crippen molar-refractivity contribution < 1.29 is 9.53 Å². The van der Waals surface area contributed by atoms with Crippen molar-refractivity contribution in [2.45, 2.75) is 43.6 Å². The largest absolute Gasteiger partial charge is 0.477 e. The Bertz CT molecular complexity index is 509. The number of fused-ring (bicyclic) bond motifs is 1. The number of benzene rings is 1. The molecule has 1 saturated carbocycles. The van der Waals surface area contributed by atoms with Crippen molar-refractivity contribution >= 4 is 23.4 Å². The van der Waals surface area contributed by atoms with Crippen LogP contribution in [0.25, 0.3) is 0 Å². The summed E-state index contributed by atoms with van der Waals surface area (Å²) < 4.78 is 5.82. The molecule has 0 saturated heterocycles. The van der Waals surface area contributed by atoms with Crippen LogP contribution in [0.2, 0.25) is 0 Å². The lowest BCUT2D eigenvalue weighted by Gasteiger charge is -2.28. The van der Waals surface area contributed by atoms with Crippen molar-refractivity contribution in [2.75, 3.05) is 17.6 Å². The van der Waals surface area contributed by atoms with Gasteiger partial charge in [0.15, 0.2) is 6.10 Å². The number of ether oxygens (including phenoxy) is 1. The van der Waals surface area contributed by atoms with E-state index in [2.05, 4.69) is 17.6 Å². The molecule has 114 valence electrons. The molecule has 0 aromatic heterocycles. The van der Waals surface area contributed by atoms with Gasteiger partial charge in [-0.25, -0.2) is 0 Å². The predicted octanol–water partition coefficient (Wildman–Crippen LogP) is 2.65. The molecule has 21 heavy (non-hydrogen) atoms. The van der Waals surface area contributed by atoms with Crippen LogP contribution in [0.3, 0.4) is 0 Å².